The van der Waals surface area contributed by atoms with Crippen LogP contribution in [0.15, 0.2) is 30.3 Å². The third-order valence-electron chi connectivity index (χ3n) is 2.61. The maximum Gasteiger partial charge on any atom is 0.167 e. The molecule has 0 heterocycles. The van der Waals surface area contributed by atoms with E-state index in [2.05, 4.69) is 0 Å². The van der Waals surface area contributed by atoms with Gasteiger partial charge in [-0.05, 0) is 18.2 Å². The molecule has 2 aromatic rings. The summed E-state index contributed by atoms with van der Waals surface area (Å²) in [5.41, 5.74) is 5.17. The number of ether oxygens (including phenoxy) is 1. The molecule has 0 aliphatic rings. The van der Waals surface area contributed by atoms with E-state index in [0.717, 1.165) is 18.2 Å². The van der Waals surface area contributed by atoms with Crippen LogP contribution in [0, 0.1) is 28.8 Å². The summed E-state index contributed by atoms with van der Waals surface area (Å²) in [5, 5.41) is 8.71. The first kappa shape index (κ1) is 13.7. The van der Waals surface area contributed by atoms with Gasteiger partial charge in [0.2, 0.25) is 0 Å². The molecule has 0 unspecified atom stereocenters. The van der Waals surface area contributed by atoms with Gasteiger partial charge in [0.25, 0.3) is 0 Å². The van der Waals surface area contributed by atoms with Crippen molar-refractivity contribution in [3.8, 4) is 11.8 Å². The highest BCUT2D eigenvalue weighted by atomic mass is 19.1. The summed E-state index contributed by atoms with van der Waals surface area (Å²) in [6.07, 6.45) is 0. The summed E-state index contributed by atoms with van der Waals surface area (Å²) in [5.74, 6) is -2.65. The number of nitrogens with zero attached hydrogens (tertiary/aromatic N) is 1. The van der Waals surface area contributed by atoms with Gasteiger partial charge in [0.15, 0.2) is 11.6 Å². The van der Waals surface area contributed by atoms with Crippen molar-refractivity contribution < 1.29 is 17.9 Å². The van der Waals surface area contributed by atoms with E-state index in [1.807, 2.05) is 6.07 Å². The predicted octanol–water partition coefficient (Wildman–Crippen LogP) is 3.14. The van der Waals surface area contributed by atoms with Crippen LogP contribution in [0.2, 0.25) is 0 Å². The van der Waals surface area contributed by atoms with Crippen LogP contribution in [0.1, 0.15) is 11.1 Å². The van der Waals surface area contributed by atoms with Crippen LogP contribution in [0.5, 0.6) is 5.75 Å². The maximum atomic E-state index is 13.5. The van der Waals surface area contributed by atoms with Crippen LogP contribution in [-0.4, -0.2) is 0 Å². The lowest BCUT2D eigenvalue weighted by atomic mass is 10.1. The van der Waals surface area contributed by atoms with E-state index in [9.17, 15) is 13.2 Å². The SMILES string of the molecule is N#Cc1ccc(F)c(COc2cc(F)c(N)cc2F)c1. The molecule has 0 spiro atoms. The predicted molar refractivity (Wildman–Crippen MR) is 66.2 cm³/mol. The molecule has 0 aliphatic carbocycles. The molecule has 0 bridgehead atoms. The highest BCUT2D eigenvalue weighted by Gasteiger charge is 2.11. The van der Waals surface area contributed by atoms with Crippen molar-refractivity contribution in [1.29, 1.82) is 5.26 Å². The molecule has 102 valence electrons. The molecule has 0 aliphatic heterocycles. The molecule has 0 saturated carbocycles. The molecule has 0 fully saturated rings. The zero-order chi connectivity index (χ0) is 14.7. The average Bonchev–Trinajstić information content (AvgIpc) is 2.43. The lowest BCUT2D eigenvalue weighted by Crippen LogP contribution is -2.02. The Balaban J connectivity index is 2.21. The standard InChI is InChI=1S/C14H9F3N2O/c15-10-2-1-8(6-18)3-9(10)7-20-14-5-11(16)13(19)4-12(14)17/h1-5H,7,19H2. The number of hydrogen-bond donors (Lipinski definition) is 1. The van der Waals surface area contributed by atoms with Gasteiger partial charge in [-0.3, -0.25) is 0 Å². The highest BCUT2D eigenvalue weighted by molar-refractivity contribution is 5.44. The summed E-state index contributed by atoms with van der Waals surface area (Å²) in [6.45, 7) is -0.332. The van der Waals surface area contributed by atoms with Gasteiger partial charge in [-0.15, -0.1) is 0 Å². The fraction of sp³-hybridized carbons (Fsp3) is 0.0714. The van der Waals surface area contributed by atoms with Crippen LogP contribution >= 0.6 is 0 Å². The third kappa shape index (κ3) is 2.83. The molecule has 0 radical (unpaired) electrons. The van der Waals surface area contributed by atoms with Gasteiger partial charge in [0, 0.05) is 17.7 Å². The fourth-order valence-electron chi connectivity index (χ4n) is 1.56. The normalized spacial score (nSPS) is 10.1. The zero-order valence-corrected chi connectivity index (χ0v) is 10.2. The number of benzene rings is 2. The minimum Gasteiger partial charge on any atom is -0.486 e. The molecular weight excluding hydrogens is 269 g/mol. The fourth-order valence-corrected chi connectivity index (χ4v) is 1.56. The Morgan fingerprint density at radius 2 is 1.80 bits per heavy atom. The molecule has 6 heteroatoms. The second-order valence-electron chi connectivity index (χ2n) is 4.01. The Morgan fingerprint density at radius 3 is 2.50 bits per heavy atom. The second-order valence-corrected chi connectivity index (χ2v) is 4.01. The van der Waals surface area contributed by atoms with Crippen LogP contribution in [0.3, 0.4) is 0 Å². The van der Waals surface area contributed by atoms with Gasteiger partial charge < -0.3 is 10.5 Å². The topological polar surface area (TPSA) is 59.0 Å². The average molecular weight is 278 g/mol. The number of halogens is 3. The Morgan fingerprint density at radius 1 is 1.05 bits per heavy atom. The van der Waals surface area contributed by atoms with Gasteiger partial charge in [-0.1, -0.05) is 0 Å². The number of anilines is 1. The summed E-state index contributed by atoms with van der Waals surface area (Å²) in [7, 11) is 0. The van der Waals surface area contributed by atoms with E-state index in [1.54, 1.807) is 0 Å². The monoisotopic (exact) mass is 278 g/mol. The third-order valence-corrected chi connectivity index (χ3v) is 2.61. The molecule has 2 aromatic carbocycles. The first-order valence-corrected chi connectivity index (χ1v) is 5.57. The van der Waals surface area contributed by atoms with Crippen LogP contribution in [0.25, 0.3) is 0 Å². The van der Waals surface area contributed by atoms with Crippen LogP contribution in [-0.2, 0) is 6.61 Å². The Kier molecular flexibility index (Phi) is 3.80. The highest BCUT2D eigenvalue weighted by Crippen LogP contribution is 2.24. The Hall–Kier alpha value is -2.68. The maximum absolute atomic E-state index is 13.5. The molecule has 2 N–H and O–H groups in total. The molecule has 20 heavy (non-hydrogen) atoms. The smallest absolute Gasteiger partial charge is 0.167 e. The van der Waals surface area contributed by atoms with Crippen molar-refractivity contribution in [2.75, 3.05) is 5.73 Å². The van der Waals surface area contributed by atoms with Crippen molar-refractivity contribution in [2.45, 2.75) is 6.61 Å². The van der Waals surface area contributed by atoms with Gasteiger partial charge >= 0.3 is 0 Å². The molecule has 0 atom stereocenters. The van der Waals surface area contributed by atoms with E-state index >= 15 is 0 Å². The number of hydrogen-bond acceptors (Lipinski definition) is 3. The van der Waals surface area contributed by atoms with Gasteiger partial charge in [0.1, 0.15) is 18.2 Å². The lowest BCUT2D eigenvalue weighted by molar-refractivity contribution is 0.283. The summed E-state index contributed by atoms with van der Waals surface area (Å²) < 4.78 is 45.2. The molecule has 3 nitrogen and oxygen atoms in total. The van der Waals surface area contributed by atoms with E-state index in [-0.39, 0.29) is 29.2 Å². The first-order chi connectivity index (χ1) is 9.51. The largest absolute Gasteiger partial charge is 0.486 e. The number of nitrogen functional groups attached to an aromatic ring is 1. The van der Waals surface area contributed by atoms with Crippen molar-refractivity contribution in [2.24, 2.45) is 0 Å². The van der Waals surface area contributed by atoms with Crippen LogP contribution < -0.4 is 10.5 Å². The van der Waals surface area contributed by atoms with Gasteiger partial charge in [0.05, 0.1) is 17.3 Å². The van der Waals surface area contributed by atoms with Crippen molar-refractivity contribution in [3.63, 3.8) is 0 Å². The van der Waals surface area contributed by atoms with E-state index in [0.29, 0.717) is 0 Å². The number of nitrogens with two attached hydrogens (primary N) is 1. The zero-order valence-electron chi connectivity index (χ0n) is 10.2. The van der Waals surface area contributed by atoms with E-state index in [1.165, 1.54) is 12.1 Å². The summed E-state index contributed by atoms with van der Waals surface area (Å²) in [6, 6.07) is 7.12. The molecule has 0 aromatic heterocycles. The van der Waals surface area contributed by atoms with Crippen molar-refractivity contribution in [1.82, 2.24) is 0 Å². The molecule has 0 amide bonds. The van der Waals surface area contributed by atoms with Gasteiger partial charge in [-0.2, -0.15) is 5.26 Å². The van der Waals surface area contributed by atoms with Crippen LogP contribution in [0.4, 0.5) is 18.9 Å². The Labute approximate surface area is 113 Å². The molecule has 0 saturated heterocycles. The summed E-state index contributed by atoms with van der Waals surface area (Å²) >= 11 is 0. The van der Waals surface area contributed by atoms with Crippen molar-refractivity contribution in [3.05, 3.63) is 58.9 Å². The molecular formula is C14H9F3N2O. The molecule has 2 rings (SSSR count). The van der Waals surface area contributed by atoms with Gasteiger partial charge in [-0.25, -0.2) is 13.2 Å². The number of rotatable bonds is 3. The quantitative estimate of drug-likeness (QED) is 0.877. The van der Waals surface area contributed by atoms with E-state index in [4.69, 9.17) is 15.7 Å². The second kappa shape index (κ2) is 5.53. The minimum atomic E-state index is -0.847. The van der Waals surface area contributed by atoms with Crippen molar-refractivity contribution >= 4 is 5.69 Å². The summed E-state index contributed by atoms with van der Waals surface area (Å²) in [4.78, 5) is 0. The number of nitriles is 1. The first-order valence-electron chi connectivity index (χ1n) is 5.57. The Bertz CT molecular complexity index is 696. The minimum absolute atomic E-state index is 0.0701. The lowest BCUT2D eigenvalue weighted by Gasteiger charge is -2.09. The van der Waals surface area contributed by atoms with E-state index < -0.39 is 17.5 Å².